The van der Waals surface area contributed by atoms with Gasteiger partial charge in [-0.1, -0.05) is 12.1 Å². The Balaban J connectivity index is 1.34. The summed E-state index contributed by atoms with van der Waals surface area (Å²) in [7, 11) is 0. The summed E-state index contributed by atoms with van der Waals surface area (Å²) in [5, 5.41) is 13.7. The fraction of sp³-hybridized carbons (Fsp3) is 0.227. The number of hydrogen-bond donors (Lipinski definition) is 2. The predicted molar refractivity (Wildman–Crippen MR) is 118 cm³/mol. The molecule has 1 fully saturated rings. The minimum atomic E-state index is -0.109. The van der Waals surface area contributed by atoms with Crippen molar-refractivity contribution in [2.24, 2.45) is 0 Å². The summed E-state index contributed by atoms with van der Waals surface area (Å²) in [6, 6.07) is 14.9. The van der Waals surface area contributed by atoms with E-state index in [1.165, 1.54) is 11.8 Å². The van der Waals surface area contributed by atoms with Crippen LogP contribution >= 0.6 is 11.8 Å². The molecule has 1 saturated heterocycles. The van der Waals surface area contributed by atoms with E-state index in [9.17, 15) is 9.90 Å². The first-order chi connectivity index (χ1) is 14.6. The van der Waals surface area contributed by atoms with Crippen molar-refractivity contribution in [2.45, 2.75) is 17.0 Å². The average Bonchev–Trinajstić information content (AvgIpc) is 2.77. The van der Waals surface area contributed by atoms with Crippen LogP contribution in [-0.4, -0.2) is 52.2 Å². The molecule has 0 atom stereocenters. The molecule has 1 aliphatic heterocycles. The van der Waals surface area contributed by atoms with Gasteiger partial charge in [0.25, 0.3) is 0 Å². The SMILES string of the molecule is Cc1cc(Sc2ncccn2)ccc1NC(=O)N1CCN(c2ccccc2O)CC1. The monoisotopic (exact) mass is 421 g/mol. The summed E-state index contributed by atoms with van der Waals surface area (Å²) in [6.45, 7) is 4.52. The van der Waals surface area contributed by atoms with Crippen LogP contribution in [-0.2, 0) is 0 Å². The Hall–Kier alpha value is -3.26. The van der Waals surface area contributed by atoms with E-state index in [4.69, 9.17) is 0 Å². The molecule has 0 aliphatic carbocycles. The summed E-state index contributed by atoms with van der Waals surface area (Å²) in [6.07, 6.45) is 3.44. The third-order valence-electron chi connectivity index (χ3n) is 4.98. The lowest BCUT2D eigenvalue weighted by atomic mass is 10.2. The van der Waals surface area contributed by atoms with E-state index in [0.717, 1.165) is 21.8 Å². The number of aryl methyl sites for hydroxylation is 1. The lowest BCUT2D eigenvalue weighted by Crippen LogP contribution is -2.50. The van der Waals surface area contributed by atoms with Crippen molar-refractivity contribution in [2.75, 3.05) is 36.4 Å². The quantitative estimate of drug-likeness (QED) is 0.620. The molecule has 0 bridgehead atoms. The molecule has 154 valence electrons. The molecule has 7 nitrogen and oxygen atoms in total. The van der Waals surface area contributed by atoms with Gasteiger partial charge in [-0.3, -0.25) is 0 Å². The van der Waals surface area contributed by atoms with Crippen LogP contribution in [0.2, 0.25) is 0 Å². The van der Waals surface area contributed by atoms with Crippen molar-refractivity contribution >= 4 is 29.2 Å². The van der Waals surface area contributed by atoms with Gasteiger partial charge in [0.05, 0.1) is 5.69 Å². The van der Waals surface area contributed by atoms with E-state index < -0.39 is 0 Å². The molecule has 2 amide bonds. The molecule has 1 aromatic heterocycles. The van der Waals surface area contributed by atoms with Crippen LogP contribution in [0.25, 0.3) is 0 Å². The zero-order valence-electron chi connectivity index (χ0n) is 16.7. The zero-order chi connectivity index (χ0) is 20.9. The number of phenols is 1. The van der Waals surface area contributed by atoms with Gasteiger partial charge in [-0.15, -0.1) is 0 Å². The molecule has 3 aromatic rings. The largest absolute Gasteiger partial charge is 0.506 e. The summed E-state index contributed by atoms with van der Waals surface area (Å²) in [4.78, 5) is 26.1. The molecule has 2 heterocycles. The van der Waals surface area contributed by atoms with Gasteiger partial charge in [0.1, 0.15) is 5.75 Å². The van der Waals surface area contributed by atoms with Crippen LogP contribution in [0.3, 0.4) is 0 Å². The third kappa shape index (κ3) is 4.65. The average molecular weight is 422 g/mol. The molecule has 0 unspecified atom stereocenters. The van der Waals surface area contributed by atoms with Crippen molar-refractivity contribution < 1.29 is 9.90 Å². The van der Waals surface area contributed by atoms with Crippen LogP contribution in [0.1, 0.15) is 5.56 Å². The van der Waals surface area contributed by atoms with Gasteiger partial charge in [0.15, 0.2) is 5.16 Å². The van der Waals surface area contributed by atoms with Crippen molar-refractivity contribution in [3.8, 4) is 5.75 Å². The molecule has 0 saturated carbocycles. The number of rotatable bonds is 4. The topological polar surface area (TPSA) is 81.6 Å². The highest BCUT2D eigenvalue weighted by Gasteiger charge is 2.23. The highest BCUT2D eigenvalue weighted by Crippen LogP contribution is 2.29. The van der Waals surface area contributed by atoms with Crippen LogP contribution in [0, 0.1) is 6.92 Å². The Morgan fingerprint density at radius 3 is 2.47 bits per heavy atom. The van der Waals surface area contributed by atoms with E-state index in [1.807, 2.05) is 43.3 Å². The summed E-state index contributed by atoms with van der Waals surface area (Å²) in [5.74, 6) is 0.268. The molecule has 2 N–H and O–H groups in total. The first-order valence-corrected chi connectivity index (χ1v) is 10.6. The van der Waals surface area contributed by atoms with E-state index in [1.54, 1.807) is 29.4 Å². The number of hydrogen-bond acceptors (Lipinski definition) is 6. The number of urea groups is 1. The van der Waals surface area contributed by atoms with Gasteiger partial charge in [0.2, 0.25) is 0 Å². The first-order valence-electron chi connectivity index (χ1n) is 9.74. The maximum Gasteiger partial charge on any atom is 0.321 e. The van der Waals surface area contributed by atoms with Gasteiger partial charge in [-0.25, -0.2) is 14.8 Å². The van der Waals surface area contributed by atoms with Gasteiger partial charge in [0, 0.05) is 49.2 Å². The Labute approximate surface area is 179 Å². The van der Waals surface area contributed by atoms with E-state index >= 15 is 0 Å². The van der Waals surface area contributed by atoms with Crippen LogP contribution in [0.15, 0.2) is 71.0 Å². The second-order valence-electron chi connectivity index (χ2n) is 7.00. The van der Waals surface area contributed by atoms with Crippen molar-refractivity contribution in [3.05, 3.63) is 66.5 Å². The highest BCUT2D eigenvalue weighted by molar-refractivity contribution is 7.99. The van der Waals surface area contributed by atoms with Gasteiger partial charge in [-0.05, 0) is 60.6 Å². The molecular formula is C22H23N5O2S. The zero-order valence-corrected chi connectivity index (χ0v) is 17.5. The van der Waals surface area contributed by atoms with E-state index in [0.29, 0.717) is 31.3 Å². The van der Waals surface area contributed by atoms with E-state index in [-0.39, 0.29) is 11.8 Å². The molecule has 1 aliphatic rings. The molecule has 2 aromatic carbocycles. The van der Waals surface area contributed by atoms with Crippen molar-refractivity contribution in [1.29, 1.82) is 0 Å². The Morgan fingerprint density at radius 1 is 1.03 bits per heavy atom. The maximum atomic E-state index is 12.7. The number of para-hydroxylation sites is 2. The fourth-order valence-corrected chi connectivity index (χ4v) is 4.17. The van der Waals surface area contributed by atoms with E-state index in [2.05, 4.69) is 20.2 Å². The molecule has 4 rings (SSSR count). The standard InChI is InChI=1S/C22H23N5O2S/c1-16-15-17(30-21-23-9-4-10-24-21)7-8-18(16)25-22(29)27-13-11-26(12-14-27)19-5-2-3-6-20(19)28/h2-10,15,28H,11-14H2,1H3,(H,25,29). The van der Waals surface area contributed by atoms with Gasteiger partial charge >= 0.3 is 6.03 Å². The van der Waals surface area contributed by atoms with Gasteiger partial charge < -0.3 is 20.2 Å². The third-order valence-corrected chi connectivity index (χ3v) is 5.86. The predicted octanol–water partition coefficient (Wildman–Crippen LogP) is 4.00. The number of carbonyl (C=O) groups excluding carboxylic acids is 1. The molecule has 0 spiro atoms. The minimum Gasteiger partial charge on any atom is -0.506 e. The highest BCUT2D eigenvalue weighted by atomic mass is 32.2. The molecule has 8 heteroatoms. The maximum absolute atomic E-state index is 12.7. The number of nitrogens with one attached hydrogen (secondary N) is 1. The summed E-state index contributed by atoms with van der Waals surface area (Å²) < 4.78 is 0. The number of benzene rings is 2. The summed E-state index contributed by atoms with van der Waals surface area (Å²) in [5.41, 5.74) is 2.59. The Kier molecular flexibility index (Phi) is 6.04. The van der Waals surface area contributed by atoms with Crippen molar-refractivity contribution in [1.82, 2.24) is 14.9 Å². The minimum absolute atomic E-state index is 0.109. The second-order valence-corrected chi connectivity index (χ2v) is 8.04. The number of anilines is 2. The fourth-order valence-electron chi connectivity index (χ4n) is 3.36. The molecule has 30 heavy (non-hydrogen) atoms. The number of carbonyl (C=O) groups is 1. The van der Waals surface area contributed by atoms with Crippen molar-refractivity contribution in [3.63, 3.8) is 0 Å². The molecule has 0 radical (unpaired) electrons. The summed E-state index contributed by atoms with van der Waals surface area (Å²) >= 11 is 1.49. The first kappa shape index (κ1) is 20.0. The second kappa shape index (κ2) is 9.04. The number of aromatic nitrogens is 2. The number of amides is 2. The Morgan fingerprint density at radius 2 is 1.77 bits per heavy atom. The lowest BCUT2D eigenvalue weighted by molar-refractivity contribution is 0.208. The number of aromatic hydroxyl groups is 1. The van der Waals surface area contributed by atoms with Gasteiger partial charge in [-0.2, -0.15) is 0 Å². The number of nitrogens with zero attached hydrogens (tertiary/aromatic N) is 4. The lowest BCUT2D eigenvalue weighted by Gasteiger charge is -2.36. The van der Waals surface area contributed by atoms with Crippen LogP contribution in [0.4, 0.5) is 16.2 Å². The smallest absolute Gasteiger partial charge is 0.321 e. The normalized spacial score (nSPS) is 13.9. The van der Waals surface area contributed by atoms with Crippen LogP contribution in [0.5, 0.6) is 5.75 Å². The number of phenolic OH excluding ortho intramolecular Hbond substituents is 1. The molecular weight excluding hydrogens is 398 g/mol. The number of piperazine rings is 1. The van der Waals surface area contributed by atoms with Crippen LogP contribution < -0.4 is 10.2 Å². The Bertz CT molecular complexity index is 1020.